The highest BCUT2D eigenvalue weighted by Crippen LogP contribution is 2.47. The van der Waals surface area contributed by atoms with E-state index in [0.29, 0.717) is 18.9 Å². The number of fused-ring (bicyclic) bond motifs is 1. The molecule has 0 bridgehead atoms. The second-order valence-corrected chi connectivity index (χ2v) is 5.65. The summed E-state index contributed by atoms with van der Waals surface area (Å²) < 4.78 is 0. The van der Waals surface area contributed by atoms with Crippen LogP contribution < -0.4 is 0 Å². The largest absolute Gasteiger partial charge is 0.481 e. The van der Waals surface area contributed by atoms with E-state index in [4.69, 9.17) is 5.11 Å². The Kier molecular flexibility index (Phi) is 4.22. The van der Waals surface area contributed by atoms with Crippen molar-refractivity contribution in [2.24, 2.45) is 17.8 Å². The first-order valence-electron chi connectivity index (χ1n) is 7.11. The van der Waals surface area contributed by atoms with E-state index < -0.39 is 5.97 Å². The first-order valence-corrected chi connectivity index (χ1v) is 7.11. The van der Waals surface area contributed by atoms with Crippen molar-refractivity contribution in [2.45, 2.75) is 45.4 Å². The third-order valence-corrected chi connectivity index (χ3v) is 4.18. The molecule has 1 saturated carbocycles. The van der Waals surface area contributed by atoms with E-state index in [1.165, 1.54) is 4.90 Å². The van der Waals surface area contributed by atoms with Crippen molar-refractivity contribution in [3.63, 3.8) is 0 Å². The summed E-state index contributed by atoms with van der Waals surface area (Å²) in [5.74, 6) is -0.575. The highest BCUT2D eigenvalue weighted by atomic mass is 16.4. The molecule has 106 valence electrons. The molecule has 0 aromatic heterocycles. The van der Waals surface area contributed by atoms with E-state index in [1.807, 2.05) is 0 Å². The van der Waals surface area contributed by atoms with Gasteiger partial charge in [-0.2, -0.15) is 0 Å². The molecule has 1 N–H and O–H groups in total. The summed E-state index contributed by atoms with van der Waals surface area (Å²) in [7, 11) is 0. The number of carboxylic acid groups (broad SMARTS) is 1. The standard InChI is InChI=1S/C14H21NO4/c1-2-3-9(4-5-12(16)17)6-7-15-13(18)10-8-11(10)14(15)19/h9-11H,2-8H2,1H3,(H,16,17). The van der Waals surface area contributed by atoms with Gasteiger partial charge in [-0.3, -0.25) is 19.3 Å². The minimum absolute atomic E-state index is 0.0107. The molecule has 2 fully saturated rings. The van der Waals surface area contributed by atoms with E-state index >= 15 is 0 Å². The van der Waals surface area contributed by atoms with Gasteiger partial charge in [-0.1, -0.05) is 19.8 Å². The fraction of sp³-hybridized carbons (Fsp3) is 0.786. The zero-order valence-electron chi connectivity index (χ0n) is 11.3. The number of rotatable bonds is 8. The van der Waals surface area contributed by atoms with Crippen LogP contribution in [0.5, 0.6) is 0 Å². The number of amides is 2. The van der Waals surface area contributed by atoms with Crippen LogP contribution in [0.1, 0.15) is 45.4 Å². The molecule has 3 unspecified atom stereocenters. The number of hydrogen-bond donors (Lipinski definition) is 1. The van der Waals surface area contributed by atoms with Crippen LogP contribution in [0.15, 0.2) is 0 Å². The molecule has 1 aliphatic heterocycles. The van der Waals surface area contributed by atoms with E-state index in [2.05, 4.69) is 6.92 Å². The minimum Gasteiger partial charge on any atom is -0.481 e. The number of carbonyl (C=O) groups is 3. The molecule has 1 saturated heterocycles. The Labute approximate surface area is 113 Å². The van der Waals surface area contributed by atoms with Gasteiger partial charge >= 0.3 is 5.97 Å². The van der Waals surface area contributed by atoms with Crippen LogP contribution in [0.4, 0.5) is 0 Å². The van der Waals surface area contributed by atoms with Gasteiger partial charge in [0.25, 0.3) is 0 Å². The summed E-state index contributed by atoms with van der Waals surface area (Å²) in [6.07, 6.45) is 4.22. The molecule has 19 heavy (non-hydrogen) atoms. The van der Waals surface area contributed by atoms with Gasteiger partial charge < -0.3 is 5.11 Å². The zero-order valence-corrected chi connectivity index (χ0v) is 11.3. The third-order valence-electron chi connectivity index (χ3n) is 4.18. The predicted molar refractivity (Wildman–Crippen MR) is 68.2 cm³/mol. The lowest BCUT2D eigenvalue weighted by atomic mass is 9.94. The molecular formula is C14H21NO4. The first-order chi connectivity index (χ1) is 9.04. The smallest absolute Gasteiger partial charge is 0.303 e. The average Bonchev–Trinajstić information content (AvgIpc) is 3.11. The molecule has 0 radical (unpaired) electrons. The molecule has 2 aliphatic rings. The highest BCUT2D eigenvalue weighted by Gasteiger charge is 2.58. The van der Waals surface area contributed by atoms with Gasteiger partial charge in [0, 0.05) is 13.0 Å². The van der Waals surface area contributed by atoms with Gasteiger partial charge in [0.15, 0.2) is 0 Å². The predicted octanol–water partition coefficient (Wildman–Crippen LogP) is 1.66. The SMILES string of the molecule is CCCC(CCC(=O)O)CCN1C(=O)C2CC2C1=O. The Morgan fingerprint density at radius 3 is 2.42 bits per heavy atom. The number of hydrogen-bond acceptors (Lipinski definition) is 3. The van der Waals surface area contributed by atoms with Crippen LogP contribution in [-0.4, -0.2) is 34.3 Å². The number of carboxylic acids is 1. The topological polar surface area (TPSA) is 74.7 Å². The van der Waals surface area contributed by atoms with Crippen molar-refractivity contribution in [1.82, 2.24) is 4.90 Å². The second kappa shape index (κ2) is 5.72. The Morgan fingerprint density at radius 1 is 1.26 bits per heavy atom. The summed E-state index contributed by atoms with van der Waals surface area (Å²) >= 11 is 0. The maximum Gasteiger partial charge on any atom is 0.303 e. The van der Waals surface area contributed by atoms with Crippen LogP contribution in [0.2, 0.25) is 0 Å². The monoisotopic (exact) mass is 267 g/mol. The molecule has 2 rings (SSSR count). The average molecular weight is 267 g/mol. The maximum absolute atomic E-state index is 11.8. The second-order valence-electron chi connectivity index (χ2n) is 5.65. The number of nitrogens with zero attached hydrogens (tertiary/aromatic N) is 1. The Morgan fingerprint density at radius 2 is 1.89 bits per heavy atom. The minimum atomic E-state index is -0.782. The van der Waals surface area contributed by atoms with Gasteiger partial charge in [0.2, 0.25) is 11.8 Å². The lowest BCUT2D eigenvalue weighted by Crippen LogP contribution is -2.34. The number of piperidine rings is 1. The number of likely N-dealkylation sites (tertiary alicyclic amines) is 1. The van der Waals surface area contributed by atoms with Crippen molar-refractivity contribution < 1.29 is 19.5 Å². The summed E-state index contributed by atoms with van der Waals surface area (Å²) in [5, 5.41) is 8.72. The molecule has 0 spiro atoms. The third kappa shape index (κ3) is 3.14. The summed E-state index contributed by atoms with van der Waals surface area (Å²) in [6, 6.07) is 0. The number of imide groups is 1. The van der Waals surface area contributed by atoms with Gasteiger partial charge in [0.1, 0.15) is 0 Å². The Balaban J connectivity index is 1.79. The van der Waals surface area contributed by atoms with Gasteiger partial charge in [0.05, 0.1) is 11.8 Å². The van der Waals surface area contributed by atoms with Crippen molar-refractivity contribution in [3.8, 4) is 0 Å². The van der Waals surface area contributed by atoms with Gasteiger partial charge in [-0.25, -0.2) is 0 Å². The lowest BCUT2D eigenvalue weighted by molar-refractivity contribution is -0.142. The first kappa shape index (κ1) is 14.0. The molecule has 1 heterocycles. The lowest BCUT2D eigenvalue weighted by Gasteiger charge is -2.20. The maximum atomic E-state index is 11.8. The molecular weight excluding hydrogens is 246 g/mol. The van der Waals surface area contributed by atoms with E-state index in [-0.39, 0.29) is 30.1 Å². The number of carbonyl (C=O) groups excluding carboxylic acids is 2. The zero-order chi connectivity index (χ0) is 14.0. The van der Waals surface area contributed by atoms with Gasteiger partial charge in [-0.15, -0.1) is 0 Å². The molecule has 2 amide bonds. The quantitative estimate of drug-likeness (QED) is 0.679. The molecule has 5 nitrogen and oxygen atoms in total. The Bertz CT molecular complexity index is 373. The number of aliphatic carboxylic acids is 1. The molecule has 1 aliphatic carbocycles. The van der Waals surface area contributed by atoms with Crippen LogP contribution in [0, 0.1) is 17.8 Å². The molecule has 3 atom stereocenters. The van der Waals surface area contributed by atoms with E-state index in [0.717, 1.165) is 25.7 Å². The van der Waals surface area contributed by atoms with Crippen molar-refractivity contribution in [3.05, 3.63) is 0 Å². The highest BCUT2D eigenvalue weighted by molar-refractivity contribution is 6.08. The fourth-order valence-corrected chi connectivity index (χ4v) is 2.95. The normalized spacial score (nSPS) is 26.5. The van der Waals surface area contributed by atoms with Crippen molar-refractivity contribution in [2.75, 3.05) is 6.54 Å². The van der Waals surface area contributed by atoms with Crippen molar-refractivity contribution in [1.29, 1.82) is 0 Å². The fourth-order valence-electron chi connectivity index (χ4n) is 2.95. The van der Waals surface area contributed by atoms with Crippen LogP contribution in [-0.2, 0) is 14.4 Å². The summed E-state index contributed by atoms with van der Waals surface area (Å²) in [5.41, 5.74) is 0. The molecule has 0 aromatic rings. The van der Waals surface area contributed by atoms with Gasteiger partial charge in [-0.05, 0) is 25.2 Å². The van der Waals surface area contributed by atoms with Crippen LogP contribution in [0.3, 0.4) is 0 Å². The van der Waals surface area contributed by atoms with Crippen molar-refractivity contribution >= 4 is 17.8 Å². The molecule has 5 heteroatoms. The van der Waals surface area contributed by atoms with Crippen LogP contribution >= 0.6 is 0 Å². The summed E-state index contributed by atoms with van der Waals surface area (Å²) in [4.78, 5) is 35.6. The van der Waals surface area contributed by atoms with E-state index in [9.17, 15) is 14.4 Å². The summed E-state index contributed by atoms with van der Waals surface area (Å²) in [6.45, 7) is 2.53. The van der Waals surface area contributed by atoms with Crippen LogP contribution in [0.25, 0.3) is 0 Å². The molecule has 0 aromatic carbocycles. The van der Waals surface area contributed by atoms with E-state index in [1.54, 1.807) is 0 Å². The Hall–Kier alpha value is -1.39.